The largest absolute Gasteiger partial charge is 0.269 e. The van der Waals surface area contributed by atoms with Gasteiger partial charge in [-0.25, -0.2) is 0 Å². The number of hydrogen-bond acceptors (Lipinski definition) is 1. The maximum absolute atomic E-state index is 4.58. The van der Waals surface area contributed by atoms with Gasteiger partial charge in [0.2, 0.25) is 0 Å². The van der Waals surface area contributed by atoms with Crippen LogP contribution in [0.2, 0.25) is 0 Å². The van der Waals surface area contributed by atoms with E-state index in [2.05, 4.69) is 40.1 Å². The number of nitrogens with zero attached hydrogens (tertiary/aromatic N) is 2. The Labute approximate surface area is 83.2 Å². The van der Waals surface area contributed by atoms with Crippen LogP contribution in [0.15, 0.2) is 36.4 Å². The van der Waals surface area contributed by atoms with Crippen molar-refractivity contribution in [2.24, 2.45) is 0 Å². The van der Waals surface area contributed by atoms with Crippen LogP contribution < -0.4 is 0 Å². The zero-order valence-corrected chi connectivity index (χ0v) is 7.98. The second-order valence-electron chi connectivity index (χ2n) is 3.71. The lowest BCUT2D eigenvalue weighted by atomic mass is 10.1. The molecular formula is C12H12N2. The van der Waals surface area contributed by atoms with Gasteiger partial charge < -0.3 is 0 Å². The highest BCUT2D eigenvalue weighted by Crippen LogP contribution is 2.22. The van der Waals surface area contributed by atoms with Crippen molar-refractivity contribution in [3.8, 4) is 11.3 Å². The van der Waals surface area contributed by atoms with Crippen molar-refractivity contribution in [2.75, 3.05) is 0 Å². The third-order valence-corrected chi connectivity index (χ3v) is 2.74. The molecule has 0 radical (unpaired) electrons. The van der Waals surface area contributed by atoms with Crippen LogP contribution in [0.25, 0.3) is 11.3 Å². The Hall–Kier alpha value is -1.57. The molecule has 2 heteroatoms. The average Bonchev–Trinajstić information content (AvgIpc) is 2.78. The van der Waals surface area contributed by atoms with Gasteiger partial charge in [-0.15, -0.1) is 0 Å². The highest BCUT2D eigenvalue weighted by molar-refractivity contribution is 5.59. The second kappa shape index (κ2) is 2.98. The Bertz CT molecular complexity index is 421. The van der Waals surface area contributed by atoms with E-state index < -0.39 is 0 Å². The molecule has 0 aliphatic carbocycles. The molecule has 0 bridgehead atoms. The Kier molecular flexibility index (Phi) is 1.66. The Morgan fingerprint density at radius 1 is 1.14 bits per heavy atom. The molecule has 0 fully saturated rings. The van der Waals surface area contributed by atoms with Crippen molar-refractivity contribution in [3.05, 3.63) is 42.1 Å². The number of benzene rings is 1. The predicted molar refractivity (Wildman–Crippen MR) is 56.0 cm³/mol. The van der Waals surface area contributed by atoms with Crippen molar-refractivity contribution in [2.45, 2.75) is 19.4 Å². The average molecular weight is 184 g/mol. The zero-order chi connectivity index (χ0) is 9.38. The lowest BCUT2D eigenvalue weighted by Gasteiger charge is -1.95. The number of hydrogen-bond donors (Lipinski definition) is 0. The molecule has 0 N–H and O–H groups in total. The minimum absolute atomic E-state index is 1.09. The minimum atomic E-state index is 1.09. The molecule has 2 nitrogen and oxygen atoms in total. The first kappa shape index (κ1) is 7.80. The van der Waals surface area contributed by atoms with E-state index in [9.17, 15) is 0 Å². The quantitative estimate of drug-likeness (QED) is 0.665. The summed E-state index contributed by atoms with van der Waals surface area (Å²) in [5, 5.41) is 4.58. The molecule has 0 saturated heterocycles. The van der Waals surface area contributed by atoms with E-state index in [-0.39, 0.29) is 0 Å². The van der Waals surface area contributed by atoms with Gasteiger partial charge in [-0.05, 0) is 18.9 Å². The summed E-state index contributed by atoms with van der Waals surface area (Å²) in [7, 11) is 0. The van der Waals surface area contributed by atoms with E-state index in [1.807, 2.05) is 6.07 Å². The van der Waals surface area contributed by atoms with Gasteiger partial charge in [-0.3, -0.25) is 4.68 Å². The number of rotatable bonds is 1. The molecular weight excluding hydrogens is 172 g/mol. The lowest BCUT2D eigenvalue weighted by molar-refractivity contribution is 0.659. The predicted octanol–water partition coefficient (Wildman–Crippen LogP) is 2.50. The monoisotopic (exact) mass is 184 g/mol. The van der Waals surface area contributed by atoms with Gasteiger partial charge in [0.15, 0.2) is 0 Å². The summed E-state index contributed by atoms with van der Waals surface area (Å²) in [5.41, 5.74) is 3.71. The van der Waals surface area contributed by atoms with Gasteiger partial charge in [-0.1, -0.05) is 30.3 Å². The van der Waals surface area contributed by atoms with Gasteiger partial charge in [-0.2, -0.15) is 5.10 Å². The van der Waals surface area contributed by atoms with Crippen LogP contribution in [-0.4, -0.2) is 9.78 Å². The summed E-state index contributed by atoms with van der Waals surface area (Å²) in [5.74, 6) is 0. The van der Waals surface area contributed by atoms with Crippen LogP contribution in [0.5, 0.6) is 0 Å². The Morgan fingerprint density at radius 3 is 2.79 bits per heavy atom. The fourth-order valence-corrected chi connectivity index (χ4v) is 2.01. The van der Waals surface area contributed by atoms with Crippen molar-refractivity contribution >= 4 is 0 Å². The summed E-state index contributed by atoms with van der Waals surface area (Å²) < 4.78 is 2.13. The number of fused-ring (bicyclic) bond motifs is 1. The van der Waals surface area contributed by atoms with E-state index in [4.69, 9.17) is 0 Å². The summed E-state index contributed by atoms with van der Waals surface area (Å²) in [6, 6.07) is 12.6. The van der Waals surface area contributed by atoms with Crippen LogP contribution in [0.4, 0.5) is 0 Å². The molecule has 0 atom stereocenters. The molecule has 1 aromatic heterocycles. The SMILES string of the molecule is c1ccc(-c2cc3n(n2)CCC3)cc1. The van der Waals surface area contributed by atoms with E-state index in [0.717, 1.165) is 12.2 Å². The van der Waals surface area contributed by atoms with Crippen molar-refractivity contribution in [1.82, 2.24) is 9.78 Å². The fraction of sp³-hybridized carbons (Fsp3) is 0.250. The topological polar surface area (TPSA) is 17.8 Å². The molecule has 70 valence electrons. The van der Waals surface area contributed by atoms with E-state index in [0.29, 0.717) is 0 Å². The molecule has 2 heterocycles. The molecule has 1 aromatic carbocycles. The molecule has 2 aromatic rings. The Balaban J connectivity index is 2.06. The van der Waals surface area contributed by atoms with Crippen molar-refractivity contribution in [3.63, 3.8) is 0 Å². The highest BCUT2D eigenvalue weighted by atomic mass is 15.3. The van der Waals surface area contributed by atoms with E-state index in [1.165, 1.54) is 24.1 Å². The highest BCUT2D eigenvalue weighted by Gasteiger charge is 2.13. The molecule has 0 spiro atoms. The second-order valence-corrected chi connectivity index (χ2v) is 3.71. The maximum atomic E-state index is 4.58. The minimum Gasteiger partial charge on any atom is -0.269 e. The van der Waals surface area contributed by atoms with Gasteiger partial charge in [0.1, 0.15) is 0 Å². The van der Waals surface area contributed by atoms with Crippen LogP contribution >= 0.6 is 0 Å². The summed E-state index contributed by atoms with van der Waals surface area (Å²) >= 11 is 0. The van der Waals surface area contributed by atoms with Crippen LogP contribution in [0.1, 0.15) is 12.1 Å². The first-order valence-electron chi connectivity index (χ1n) is 5.06. The number of aryl methyl sites for hydroxylation is 2. The normalized spacial score (nSPS) is 14.3. The molecule has 0 saturated carbocycles. The third-order valence-electron chi connectivity index (χ3n) is 2.74. The van der Waals surface area contributed by atoms with Gasteiger partial charge in [0, 0.05) is 17.8 Å². The Morgan fingerprint density at radius 2 is 2.00 bits per heavy atom. The van der Waals surface area contributed by atoms with Crippen molar-refractivity contribution in [1.29, 1.82) is 0 Å². The molecule has 14 heavy (non-hydrogen) atoms. The van der Waals surface area contributed by atoms with Crippen LogP contribution in [0, 0.1) is 0 Å². The molecule has 0 unspecified atom stereocenters. The maximum Gasteiger partial charge on any atom is 0.0926 e. The standard InChI is InChI=1S/C12H12N2/c1-2-5-10(6-3-1)12-9-11-7-4-8-14(11)13-12/h1-3,5-6,9H,4,7-8H2. The van der Waals surface area contributed by atoms with E-state index >= 15 is 0 Å². The zero-order valence-electron chi connectivity index (χ0n) is 7.98. The van der Waals surface area contributed by atoms with Gasteiger partial charge in [0.25, 0.3) is 0 Å². The lowest BCUT2D eigenvalue weighted by Crippen LogP contribution is -1.93. The third kappa shape index (κ3) is 1.15. The summed E-state index contributed by atoms with van der Waals surface area (Å²) in [4.78, 5) is 0. The summed E-state index contributed by atoms with van der Waals surface area (Å²) in [6.07, 6.45) is 2.43. The molecule has 1 aliphatic rings. The molecule has 0 amide bonds. The van der Waals surface area contributed by atoms with Gasteiger partial charge >= 0.3 is 0 Å². The first-order chi connectivity index (χ1) is 6.93. The summed E-state index contributed by atoms with van der Waals surface area (Å²) in [6.45, 7) is 1.09. The molecule has 3 rings (SSSR count). The van der Waals surface area contributed by atoms with Crippen LogP contribution in [0.3, 0.4) is 0 Å². The molecule has 1 aliphatic heterocycles. The van der Waals surface area contributed by atoms with Crippen molar-refractivity contribution < 1.29 is 0 Å². The first-order valence-corrected chi connectivity index (χ1v) is 5.06. The smallest absolute Gasteiger partial charge is 0.0926 e. The van der Waals surface area contributed by atoms with E-state index in [1.54, 1.807) is 0 Å². The fourth-order valence-electron chi connectivity index (χ4n) is 2.01. The van der Waals surface area contributed by atoms with Gasteiger partial charge in [0.05, 0.1) is 5.69 Å². The number of aromatic nitrogens is 2. The van der Waals surface area contributed by atoms with Crippen LogP contribution in [-0.2, 0) is 13.0 Å².